The summed E-state index contributed by atoms with van der Waals surface area (Å²) in [7, 11) is 0. The molecule has 0 spiro atoms. The summed E-state index contributed by atoms with van der Waals surface area (Å²) in [4.78, 5) is 25.0. The summed E-state index contributed by atoms with van der Waals surface area (Å²) in [5.74, 6) is -0.255. The number of aromatic nitrogens is 4. The fourth-order valence-corrected chi connectivity index (χ4v) is 4.61. The van der Waals surface area contributed by atoms with Gasteiger partial charge in [-0.1, -0.05) is 66.7 Å². The lowest BCUT2D eigenvalue weighted by atomic mass is 9.95. The minimum absolute atomic E-state index is 0.100. The van der Waals surface area contributed by atoms with E-state index in [0.29, 0.717) is 17.8 Å². The topological polar surface area (TPSA) is 124 Å². The number of anilines is 1. The molecule has 5 rings (SSSR count). The van der Waals surface area contributed by atoms with E-state index < -0.39 is 30.0 Å². The maximum Gasteiger partial charge on any atom is 0.303 e. The highest BCUT2D eigenvalue weighted by molar-refractivity contribution is 5.81. The van der Waals surface area contributed by atoms with E-state index in [9.17, 15) is 4.79 Å². The van der Waals surface area contributed by atoms with Crippen molar-refractivity contribution in [2.75, 3.05) is 12.3 Å². The van der Waals surface area contributed by atoms with Crippen LogP contribution in [0.15, 0.2) is 86.0 Å². The van der Waals surface area contributed by atoms with Crippen molar-refractivity contribution in [3.8, 4) is 0 Å². The zero-order chi connectivity index (χ0) is 26.5. The Morgan fingerprint density at radius 3 is 2.42 bits per heavy atom. The molecule has 0 amide bonds. The molecule has 1 aliphatic rings. The van der Waals surface area contributed by atoms with E-state index >= 15 is 0 Å². The molecule has 10 nitrogen and oxygen atoms in total. The molecule has 3 heterocycles. The van der Waals surface area contributed by atoms with Crippen molar-refractivity contribution in [2.24, 2.45) is 0 Å². The number of nitrogen functional groups attached to an aromatic ring is 1. The summed E-state index contributed by atoms with van der Waals surface area (Å²) in [6.45, 7) is 6.11. The van der Waals surface area contributed by atoms with Gasteiger partial charge in [0.25, 0.3) is 0 Å². The fraction of sp³-hybridized carbons (Fsp3) is 0.286. The molecule has 1 fully saturated rings. The number of hydrogen-bond donors (Lipinski definition) is 1. The minimum Gasteiger partial charge on any atom is -0.455 e. The number of benzene rings is 2. The van der Waals surface area contributed by atoms with Crippen molar-refractivity contribution in [1.29, 1.82) is 0 Å². The standard InChI is InChI=1S/C28H29N5O5/c1-3-28(16-35-14-20-10-6-4-7-11-20)24(36-15-21-12-8-5-9-13-21)23(37-19(2)34)27(38-28)33-18-32-22-25(29)30-17-31-26(22)33/h3-13,17-18,23-24,27H,1,14-16H2,2H3,(H2,29,30,31). The molecule has 0 radical (unpaired) electrons. The van der Waals surface area contributed by atoms with Crippen LogP contribution in [0, 0.1) is 0 Å². The Morgan fingerprint density at radius 1 is 1.08 bits per heavy atom. The number of hydrogen-bond acceptors (Lipinski definition) is 9. The third-order valence-electron chi connectivity index (χ3n) is 6.42. The number of imidazole rings is 1. The van der Waals surface area contributed by atoms with Crippen LogP contribution in [0.5, 0.6) is 0 Å². The van der Waals surface area contributed by atoms with Crippen LogP contribution in [0.3, 0.4) is 0 Å². The summed E-state index contributed by atoms with van der Waals surface area (Å²) < 4.78 is 26.7. The van der Waals surface area contributed by atoms with Crippen molar-refractivity contribution in [3.63, 3.8) is 0 Å². The Bertz CT molecular complexity index is 1400. The monoisotopic (exact) mass is 515 g/mol. The van der Waals surface area contributed by atoms with Crippen LogP contribution in [0.2, 0.25) is 0 Å². The van der Waals surface area contributed by atoms with E-state index in [2.05, 4.69) is 21.5 Å². The molecule has 0 saturated carbocycles. The Balaban J connectivity index is 1.51. The van der Waals surface area contributed by atoms with E-state index in [1.807, 2.05) is 60.7 Å². The van der Waals surface area contributed by atoms with Crippen molar-refractivity contribution in [3.05, 3.63) is 97.1 Å². The van der Waals surface area contributed by atoms with Crippen LogP contribution in [0.4, 0.5) is 5.82 Å². The van der Waals surface area contributed by atoms with Gasteiger partial charge in [0.2, 0.25) is 0 Å². The van der Waals surface area contributed by atoms with Crippen LogP contribution < -0.4 is 5.73 Å². The van der Waals surface area contributed by atoms with Gasteiger partial charge < -0.3 is 24.7 Å². The van der Waals surface area contributed by atoms with Gasteiger partial charge in [-0.25, -0.2) is 15.0 Å². The summed E-state index contributed by atoms with van der Waals surface area (Å²) in [5, 5.41) is 0. The highest BCUT2D eigenvalue weighted by Gasteiger charge is 2.57. The van der Waals surface area contributed by atoms with Crippen LogP contribution >= 0.6 is 0 Å². The van der Waals surface area contributed by atoms with Crippen molar-refractivity contribution in [1.82, 2.24) is 19.5 Å². The number of nitrogens with zero attached hydrogens (tertiary/aromatic N) is 4. The summed E-state index contributed by atoms with van der Waals surface area (Å²) in [6, 6.07) is 19.5. The van der Waals surface area contributed by atoms with Gasteiger partial charge >= 0.3 is 5.97 Å². The highest BCUT2D eigenvalue weighted by Crippen LogP contribution is 2.43. The van der Waals surface area contributed by atoms with Crippen LogP contribution in [-0.4, -0.2) is 49.9 Å². The van der Waals surface area contributed by atoms with E-state index in [4.69, 9.17) is 24.7 Å². The van der Waals surface area contributed by atoms with E-state index in [1.165, 1.54) is 19.6 Å². The predicted molar refractivity (Wildman–Crippen MR) is 139 cm³/mol. The molecule has 10 heteroatoms. The SMILES string of the molecule is C=CC1(COCc2ccccc2)OC(n2cnc3c(N)ncnc32)C(OC(C)=O)C1OCc1ccccc1. The first-order chi connectivity index (χ1) is 18.5. The van der Waals surface area contributed by atoms with Crippen LogP contribution in [0.25, 0.3) is 11.2 Å². The molecule has 196 valence electrons. The molecule has 2 aromatic heterocycles. The van der Waals surface area contributed by atoms with Gasteiger partial charge in [0.05, 0.1) is 26.1 Å². The lowest BCUT2D eigenvalue weighted by Gasteiger charge is -2.32. The van der Waals surface area contributed by atoms with Gasteiger partial charge in [-0.3, -0.25) is 9.36 Å². The van der Waals surface area contributed by atoms with Gasteiger partial charge in [0.1, 0.15) is 23.5 Å². The number of ether oxygens (including phenoxy) is 4. The predicted octanol–water partition coefficient (Wildman–Crippen LogP) is 3.60. The van der Waals surface area contributed by atoms with Gasteiger partial charge in [-0.15, -0.1) is 6.58 Å². The average Bonchev–Trinajstić information content (AvgIpc) is 3.49. The smallest absolute Gasteiger partial charge is 0.303 e. The Labute approximate surface area is 220 Å². The molecule has 1 saturated heterocycles. The van der Waals surface area contributed by atoms with Crippen LogP contribution in [0.1, 0.15) is 24.3 Å². The van der Waals surface area contributed by atoms with Gasteiger partial charge in [-0.05, 0) is 11.1 Å². The Kier molecular flexibility index (Phi) is 7.45. The molecule has 1 aliphatic heterocycles. The van der Waals surface area contributed by atoms with Crippen molar-refractivity contribution >= 4 is 23.0 Å². The molecular weight excluding hydrogens is 486 g/mol. The fourth-order valence-electron chi connectivity index (χ4n) is 4.61. The lowest BCUT2D eigenvalue weighted by Crippen LogP contribution is -2.48. The first-order valence-corrected chi connectivity index (χ1v) is 12.2. The molecular formula is C28H29N5O5. The average molecular weight is 516 g/mol. The maximum atomic E-state index is 12.3. The van der Waals surface area contributed by atoms with E-state index in [1.54, 1.807) is 10.6 Å². The first kappa shape index (κ1) is 25.5. The zero-order valence-corrected chi connectivity index (χ0v) is 21.0. The second-order valence-corrected chi connectivity index (χ2v) is 9.02. The number of rotatable bonds is 10. The molecule has 0 bridgehead atoms. The minimum atomic E-state index is -1.16. The number of nitrogens with two attached hydrogens (primary N) is 1. The van der Waals surface area contributed by atoms with Gasteiger partial charge in [0, 0.05) is 6.92 Å². The van der Waals surface area contributed by atoms with Gasteiger partial charge in [-0.2, -0.15) is 0 Å². The molecule has 4 unspecified atom stereocenters. The molecule has 4 atom stereocenters. The molecule has 4 aromatic rings. The first-order valence-electron chi connectivity index (χ1n) is 12.2. The van der Waals surface area contributed by atoms with Crippen molar-refractivity contribution < 1.29 is 23.7 Å². The lowest BCUT2D eigenvalue weighted by molar-refractivity contribution is -0.158. The molecule has 0 aliphatic carbocycles. The summed E-state index contributed by atoms with van der Waals surface area (Å²) in [5.41, 5.74) is 7.66. The Morgan fingerprint density at radius 2 is 1.76 bits per heavy atom. The van der Waals surface area contributed by atoms with E-state index in [-0.39, 0.29) is 19.0 Å². The largest absolute Gasteiger partial charge is 0.455 e. The second kappa shape index (κ2) is 11.1. The quantitative estimate of drug-likeness (QED) is 0.249. The third-order valence-corrected chi connectivity index (χ3v) is 6.42. The molecule has 38 heavy (non-hydrogen) atoms. The normalized spacial score (nSPS) is 22.9. The summed E-state index contributed by atoms with van der Waals surface area (Å²) >= 11 is 0. The maximum absolute atomic E-state index is 12.3. The Hall–Kier alpha value is -4.12. The number of carbonyl (C=O) groups is 1. The van der Waals surface area contributed by atoms with Crippen molar-refractivity contribution in [2.45, 2.75) is 44.2 Å². The highest BCUT2D eigenvalue weighted by atomic mass is 16.6. The number of fused-ring (bicyclic) bond motifs is 1. The van der Waals surface area contributed by atoms with Gasteiger partial charge in [0.15, 0.2) is 23.8 Å². The second-order valence-electron chi connectivity index (χ2n) is 9.02. The van der Waals surface area contributed by atoms with Crippen LogP contribution in [-0.2, 0) is 37.0 Å². The number of carbonyl (C=O) groups excluding carboxylic acids is 1. The molecule has 2 N–H and O–H groups in total. The zero-order valence-electron chi connectivity index (χ0n) is 21.0. The number of esters is 1. The van der Waals surface area contributed by atoms with E-state index in [0.717, 1.165) is 11.1 Å². The third kappa shape index (κ3) is 5.14. The summed E-state index contributed by atoms with van der Waals surface area (Å²) in [6.07, 6.45) is 2.04. The molecule has 2 aromatic carbocycles.